The highest BCUT2D eigenvalue weighted by Gasteiger charge is 2.13. The van der Waals surface area contributed by atoms with Gasteiger partial charge in [-0.2, -0.15) is 1.33 Å². The smallest absolute Gasteiger partial charge is 0.139 e. The summed E-state index contributed by atoms with van der Waals surface area (Å²) in [5.74, 6) is 0.247. The highest BCUT2D eigenvalue weighted by Crippen LogP contribution is 2.17. The van der Waals surface area contributed by atoms with Gasteiger partial charge in [-0.05, 0) is 24.1 Å². The van der Waals surface area contributed by atoms with E-state index in [1.807, 2.05) is 13.5 Å². The number of nitrogens with zero attached hydrogens (tertiary/aromatic N) is 1. The first-order chi connectivity index (χ1) is 6.63. The molecule has 1 aromatic rings. The van der Waals surface area contributed by atoms with Gasteiger partial charge in [-0.3, -0.25) is 0 Å². The summed E-state index contributed by atoms with van der Waals surface area (Å²) in [6.45, 7) is 0. The molecule has 1 N–H and O–H groups in total. The minimum absolute atomic E-state index is 0.124. The van der Waals surface area contributed by atoms with Crippen LogP contribution in [0.25, 0.3) is 0 Å². The van der Waals surface area contributed by atoms with Crippen LogP contribution in [0.4, 0.5) is 0 Å². The number of halogens is 2. The molecule has 1 atom stereocenters. The normalized spacial score (nSPS) is 12.8. The molecule has 0 aliphatic carbocycles. The van der Waals surface area contributed by atoms with Gasteiger partial charge in [-0.1, -0.05) is 12.1 Å². The molecule has 1 rings (SSSR count). The second kappa shape index (κ2) is 5.86. The Balaban J connectivity index is 2.67. The first kappa shape index (κ1) is 12.2. The van der Waals surface area contributed by atoms with Crippen LogP contribution in [0.15, 0.2) is 24.3 Å². The molecule has 14 heavy (non-hydrogen) atoms. The minimum atomic E-state index is -0.124. The van der Waals surface area contributed by atoms with Crippen molar-refractivity contribution < 1.29 is 9.90 Å². The molecule has 0 aliphatic rings. The average Bonchev–Trinajstić information content (AvgIpc) is 2.16. The molecule has 0 bridgehead atoms. The summed E-state index contributed by atoms with van der Waals surface area (Å²) in [7, 11) is 0. The molecule has 0 amide bonds. The Labute approximate surface area is 110 Å². The maximum Gasteiger partial charge on any atom is 0.139 e. The maximum atomic E-state index is 10.7. The van der Waals surface area contributed by atoms with Crippen LogP contribution >= 0.6 is 45.7 Å². The number of hydrogen-bond donors (Lipinski definition) is 1. The summed E-state index contributed by atoms with van der Waals surface area (Å²) in [5, 5.41) is 9.07. The van der Waals surface area contributed by atoms with Gasteiger partial charge in [0.25, 0.3) is 0 Å². The molecule has 5 heteroatoms. The largest absolute Gasteiger partial charge is 0.508 e. The molecular formula is C9H9I2NO2. The number of aldehydes is 1. The lowest BCUT2D eigenvalue weighted by atomic mass is 10.1. The summed E-state index contributed by atoms with van der Waals surface area (Å²) >= 11 is 4.15. The Morgan fingerprint density at radius 1 is 1.36 bits per heavy atom. The van der Waals surface area contributed by atoms with Gasteiger partial charge in [0, 0.05) is 45.7 Å². The lowest BCUT2D eigenvalue weighted by molar-refractivity contribution is -0.109. The summed E-state index contributed by atoms with van der Waals surface area (Å²) in [6, 6.07) is 6.77. The third-order valence-corrected chi connectivity index (χ3v) is 3.22. The molecule has 0 saturated carbocycles. The quantitative estimate of drug-likeness (QED) is 0.465. The lowest BCUT2D eigenvalue weighted by Gasteiger charge is -2.13. The number of carbonyl (C=O) groups excluding carboxylic acids is 1. The van der Waals surface area contributed by atoms with Crippen molar-refractivity contribution in [1.82, 2.24) is 1.33 Å². The fourth-order valence-corrected chi connectivity index (χ4v) is 1.69. The van der Waals surface area contributed by atoms with Crippen LogP contribution in [0.5, 0.6) is 5.75 Å². The SMILES string of the molecule is O=CC(Cc1ccc(O)cc1)N(I)I. The van der Waals surface area contributed by atoms with Crippen LogP contribution in [-0.2, 0) is 11.2 Å². The van der Waals surface area contributed by atoms with Gasteiger partial charge in [0.15, 0.2) is 0 Å². The van der Waals surface area contributed by atoms with Gasteiger partial charge in [-0.25, -0.2) is 0 Å². The van der Waals surface area contributed by atoms with Crippen molar-refractivity contribution in [1.29, 1.82) is 0 Å². The number of rotatable bonds is 4. The Bertz CT molecular complexity index is 300. The zero-order valence-corrected chi connectivity index (χ0v) is 11.5. The average molecular weight is 417 g/mol. The molecule has 1 aromatic carbocycles. The van der Waals surface area contributed by atoms with Crippen molar-refractivity contribution in [3.05, 3.63) is 29.8 Å². The minimum Gasteiger partial charge on any atom is -0.508 e. The Hall–Kier alpha value is 0.110. The third-order valence-electron chi connectivity index (χ3n) is 1.79. The van der Waals surface area contributed by atoms with E-state index in [0.717, 1.165) is 11.8 Å². The summed E-state index contributed by atoms with van der Waals surface area (Å²) < 4.78 is 1.81. The first-order valence-electron chi connectivity index (χ1n) is 3.97. The fraction of sp³-hybridized carbons (Fsp3) is 0.222. The van der Waals surface area contributed by atoms with Crippen LogP contribution in [0, 0.1) is 0 Å². The van der Waals surface area contributed by atoms with E-state index in [1.165, 1.54) is 0 Å². The molecule has 0 heterocycles. The number of aromatic hydroxyl groups is 1. The van der Waals surface area contributed by atoms with Gasteiger partial charge >= 0.3 is 0 Å². The molecule has 0 aliphatic heterocycles. The zero-order chi connectivity index (χ0) is 10.6. The van der Waals surface area contributed by atoms with Crippen LogP contribution in [0.2, 0.25) is 0 Å². The molecule has 0 fully saturated rings. The second-order valence-electron chi connectivity index (χ2n) is 2.83. The molecule has 3 nitrogen and oxygen atoms in total. The monoisotopic (exact) mass is 417 g/mol. The van der Waals surface area contributed by atoms with Gasteiger partial charge in [0.05, 0.1) is 6.04 Å². The van der Waals surface area contributed by atoms with E-state index in [-0.39, 0.29) is 11.8 Å². The van der Waals surface area contributed by atoms with Crippen LogP contribution in [-0.4, -0.2) is 18.8 Å². The van der Waals surface area contributed by atoms with Crippen LogP contribution < -0.4 is 0 Å². The van der Waals surface area contributed by atoms with E-state index < -0.39 is 0 Å². The van der Waals surface area contributed by atoms with E-state index in [1.54, 1.807) is 12.1 Å². The Morgan fingerprint density at radius 3 is 2.36 bits per heavy atom. The maximum absolute atomic E-state index is 10.7. The van der Waals surface area contributed by atoms with Crippen molar-refractivity contribution in [2.24, 2.45) is 0 Å². The lowest BCUT2D eigenvalue weighted by Crippen LogP contribution is -2.22. The fourth-order valence-electron chi connectivity index (χ4n) is 1.04. The van der Waals surface area contributed by atoms with Gasteiger partial charge < -0.3 is 9.90 Å². The van der Waals surface area contributed by atoms with Crippen molar-refractivity contribution in [2.45, 2.75) is 12.5 Å². The predicted molar refractivity (Wildman–Crippen MR) is 71.5 cm³/mol. The number of benzene rings is 1. The van der Waals surface area contributed by atoms with Crippen molar-refractivity contribution in [3.63, 3.8) is 0 Å². The molecular weight excluding hydrogens is 408 g/mol. The van der Waals surface area contributed by atoms with E-state index in [0.29, 0.717) is 6.42 Å². The number of phenols is 1. The van der Waals surface area contributed by atoms with E-state index in [2.05, 4.69) is 45.7 Å². The van der Waals surface area contributed by atoms with E-state index >= 15 is 0 Å². The van der Waals surface area contributed by atoms with Gasteiger partial charge in [0.2, 0.25) is 0 Å². The summed E-state index contributed by atoms with van der Waals surface area (Å²) in [5.41, 5.74) is 1.04. The van der Waals surface area contributed by atoms with Crippen LogP contribution in [0.3, 0.4) is 0 Å². The zero-order valence-electron chi connectivity index (χ0n) is 7.23. The van der Waals surface area contributed by atoms with Crippen molar-refractivity contribution >= 4 is 52.0 Å². The summed E-state index contributed by atoms with van der Waals surface area (Å²) in [4.78, 5) is 10.7. The van der Waals surface area contributed by atoms with Crippen LogP contribution in [0.1, 0.15) is 5.56 Å². The summed E-state index contributed by atoms with van der Waals surface area (Å²) in [6.07, 6.45) is 1.58. The molecule has 76 valence electrons. The van der Waals surface area contributed by atoms with Gasteiger partial charge in [0.1, 0.15) is 12.0 Å². The molecule has 0 aromatic heterocycles. The molecule has 0 radical (unpaired) electrons. The Morgan fingerprint density at radius 2 is 1.93 bits per heavy atom. The second-order valence-corrected chi connectivity index (χ2v) is 6.76. The third kappa shape index (κ3) is 3.70. The van der Waals surface area contributed by atoms with Crippen molar-refractivity contribution in [2.75, 3.05) is 0 Å². The first-order valence-corrected chi connectivity index (χ1v) is 5.90. The molecule has 1 unspecified atom stereocenters. The molecule has 0 spiro atoms. The van der Waals surface area contributed by atoms with E-state index in [4.69, 9.17) is 5.11 Å². The highest BCUT2D eigenvalue weighted by molar-refractivity contribution is 14.2. The standard InChI is InChI=1S/C9H9I2NO2/c10-12(11)8(6-13)5-7-1-3-9(14)4-2-7/h1-4,6,8,14H,5H2. The Kier molecular flexibility index (Phi) is 5.10. The molecule has 0 saturated heterocycles. The topological polar surface area (TPSA) is 40.5 Å². The van der Waals surface area contributed by atoms with Crippen molar-refractivity contribution in [3.8, 4) is 5.75 Å². The van der Waals surface area contributed by atoms with E-state index in [9.17, 15) is 4.79 Å². The highest BCUT2D eigenvalue weighted by atomic mass is 127. The number of phenolic OH excluding ortho intramolecular Hbond substituents is 1. The van der Waals surface area contributed by atoms with Gasteiger partial charge in [-0.15, -0.1) is 0 Å². The number of hydrogen-bond acceptors (Lipinski definition) is 3. The number of carbonyl (C=O) groups is 1. The predicted octanol–water partition coefficient (Wildman–Crippen LogP) is 2.50.